The predicted octanol–water partition coefficient (Wildman–Crippen LogP) is 0.848. The molecule has 0 aromatic heterocycles. The van der Waals surface area contributed by atoms with E-state index in [2.05, 4.69) is 5.32 Å². The molecule has 0 spiro atoms. The van der Waals surface area contributed by atoms with Gasteiger partial charge in [-0.15, -0.1) is 0 Å². The van der Waals surface area contributed by atoms with Crippen LogP contribution in [-0.4, -0.2) is 48.5 Å². The zero-order chi connectivity index (χ0) is 19.7. The maximum absolute atomic E-state index is 12.3. The molecule has 0 saturated carbocycles. The molecular formula is C19H18N2O7. The highest BCUT2D eigenvalue weighted by atomic mass is 16.7. The second-order valence-electron chi connectivity index (χ2n) is 6.70. The van der Waals surface area contributed by atoms with Crippen molar-refractivity contribution in [2.45, 2.75) is 12.8 Å². The minimum absolute atomic E-state index is 0.121. The molecule has 1 aromatic rings. The maximum Gasteiger partial charge on any atom is 0.326 e. The van der Waals surface area contributed by atoms with Gasteiger partial charge in [0.05, 0.1) is 11.8 Å². The van der Waals surface area contributed by atoms with Gasteiger partial charge in [-0.05, 0) is 25.0 Å². The van der Waals surface area contributed by atoms with Crippen molar-refractivity contribution in [1.82, 2.24) is 4.90 Å². The van der Waals surface area contributed by atoms with Gasteiger partial charge in [-0.1, -0.05) is 12.2 Å². The molecule has 0 bridgehead atoms. The van der Waals surface area contributed by atoms with Gasteiger partial charge in [-0.25, -0.2) is 0 Å². The number of amides is 3. The average Bonchev–Trinajstić information content (AvgIpc) is 3.25. The van der Waals surface area contributed by atoms with Gasteiger partial charge in [0.15, 0.2) is 18.1 Å². The third-order valence-corrected chi connectivity index (χ3v) is 4.91. The summed E-state index contributed by atoms with van der Waals surface area (Å²) in [6, 6.07) is 4.88. The fourth-order valence-electron chi connectivity index (χ4n) is 3.52. The van der Waals surface area contributed by atoms with Gasteiger partial charge in [0, 0.05) is 11.8 Å². The number of hydrogen-bond acceptors (Lipinski definition) is 7. The van der Waals surface area contributed by atoms with E-state index in [1.807, 2.05) is 12.2 Å². The molecule has 146 valence electrons. The van der Waals surface area contributed by atoms with Gasteiger partial charge in [0.1, 0.15) is 6.54 Å². The van der Waals surface area contributed by atoms with Crippen molar-refractivity contribution in [3.63, 3.8) is 0 Å². The van der Waals surface area contributed by atoms with Crippen molar-refractivity contribution in [1.29, 1.82) is 0 Å². The molecular weight excluding hydrogens is 368 g/mol. The van der Waals surface area contributed by atoms with Gasteiger partial charge in [-0.2, -0.15) is 0 Å². The second-order valence-corrected chi connectivity index (χ2v) is 6.70. The number of nitrogens with one attached hydrogen (secondary N) is 1. The molecule has 2 atom stereocenters. The summed E-state index contributed by atoms with van der Waals surface area (Å²) in [4.78, 5) is 49.5. The van der Waals surface area contributed by atoms with Crippen molar-refractivity contribution in [2.75, 3.05) is 25.3 Å². The van der Waals surface area contributed by atoms with Gasteiger partial charge >= 0.3 is 5.97 Å². The van der Waals surface area contributed by atoms with E-state index >= 15 is 0 Å². The summed E-state index contributed by atoms with van der Waals surface area (Å²) in [5.41, 5.74) is 0.465. The first-order valence-corrected chi connectivity index (χ1v) is 8.88. The van der Waals surface area contributed by atoms with E-state index < -0.39 is 36.9 Å². The van der Waals surface area contributed by atoms with Gasteiger partial charge in [0.25, 0.3) is 5.91 Å². The molecule has 0 radical (unpaired) electrons. The van der Waals surface area contributed by atoms with Gasteiger partial charge < -0.3 is 19.5 Å². The van der Waals surface area contributed by atoms with Crippen molar-refractivity contribution in [3.8, 4) is 11.5 Å². The van der Waals surface area contributed by atoms with Crippen LogP contribution in [0.3, 0.4) is 0 Å². The Hall–Kier alpha value is -3.36. The van der Waals surface area contributed by atoms with Crippen LogP contribution < -0.4 is 14.8 Å². The number of carbonyl (C=O) groups excluding carboxylic acids is 4. The Morgan fingerprint density at radius 1 is 1.07 bits per heavy atom. The van der Waals surface area contributed by atoms with Crippen LogP contribution in [0, 0.1) is 11.8 Å². The smallest absolute Gasteiger partial charge is 0.326 e. The third-order valence-electron chi connectivity index (χ3n) is 4.91. The summed E-state index contributed by atoms with van der Waals surface area (Å²) in [6.07, 6.45) is 4.74. The Bertz CT molecular complexity index is 853. The number of rotatable bonds is 5. The first-order chi connectivity index (χ1) is 13.5. The summed E-state index contributed by atoms with van der Waals surface area (Å²) < 4.78 is 15.3. The number of benzene rings is 1. The van der Waals surface area contributed by atoms with Gasteiger partial charge in [-0.3, -0.25) is 24.1 Å². The van der Waals surface area contributed by atoms with Crippen LogP contribution in [0.1, 0.15) is 12.8 Å². The van der Waals surface area contributed by atoms with Crippen LogP contribution in [0.2, 0.25) is 0 Å². The molecule has 2 heterocycles. The molecule has 1 saturated heterocycles. The van der Waals surface area contributed by atoms with Crippen LogP contribution in [0.4, 0.5) is 5.69 Å². The highest BCUT2D eigenvalue weighted by Gasteiger charge is 2.47. The molecule has 3 aliphatic rings. The Labute approximate surface area is 160 Å². The molecule has 1 aliphatic carbocycles. The van der Waals surface area contributed by atoms with Crippen LogP contribution in [-0.2, 0) is 23.9 Å². The largest absolute Gasteiger partial charge is 0.454 e. The first kappa shape index (κ1) is 18.0. The molecule has 3 amide bonds. The lowest BCUT2D eigenvalue weighted by molar-refractivity contribution is -0.154. The molecule has 9 nitrogen and oxygen atoms in total. The van der Waals surface area contributed by atoms with Crippen LogP contribution in [0.15, 0.2) is 30.4 Å². The number of nitrogens with zero attached hydrogens (tertiary/aromatic N) is 1. The number of fused-ring (bicyclic) bond motifs is 2. The van der Waals surface area contributed by atoms with E-state index in [1.54, 1.807) is 18.2 Å². The zero-order valence-electron chi connectivity index (χ0n) is 14.9. The average molecular weight is 386 g/mol. The molecule has 1 fully saturated rings. The number of anilines is 1. The lowest BCUT2D eigenvalue weighted by Crippen LogP contribution is -2.37. The zero-order valence-corrected chi connectivity index (χ0v) is 14.9. The predicted molar refractivity (Wildman–Crippen MR) is 94.2 cm³/mol. The minimum atomic E-state index is -0.811. The topological polar surface area (TPSA) is 111 Å². The number of carbonyl (C=O) groups is 4. The van der Waals surface area contributed by atoms with Crippen molar-refractivity contribution >= 4 is 29.4 Å². The highest BCUT2D eigenvalue weighted by Crippen LogP contribution is 2.35. The quantitative estimate of drug-likeness (QED) is 0.454. The summed E-state index contributed by atoms with van der Waals surface area (Å²) >= 11 is 0. The molecule has 4 rings (SSSR count). The monoisotopic (exact) mass is 386 g/mol. The summed E-state index contributed by atoms with van der Waals surface area (Å²) in [5, 5.41) is 2.57. The van der Waals surface area contributed by atoms with Crippen molar-refractivity contribution < 1.29 is 33.4 Å². The minimum Gasteiger partial charge on any atom is -0.454 e. The third kappa shape index (κ3) is 3.42. The van der Waals surface area contributed by atoms with E-state index in [-0.39, 0.29) is 18.6 Å². The van der Waals surface area contributed by atoms with Crippen LogP contribution in [0.25, 0.3) is 0 Å². The normalized spacial score (nSPS) is 22.2. The molecule has 1 aromatic carbocycles. The standard InChI is InChI=1S/C19H18N2O7/c22-16(20-11-5-6-14-15(7-11)28-10-27-14)9-26-17(23)8-21-18(24)12-3-1-2-4-13(12)19(21)25/h1-2,5-7,12-13H,3-4,8-10H2,(H,20,22). The Morgan fingerprint density at radius 3 is 2.46 bits per heavy atom. The molecule has 9 heteroatoms. The summed E-state index contributed by atoms with van der Waals surface area (Å²) in [5.74, 6) is -1.79. The van der Waals surface area contributed by atoms with E-state index in [4.69, 9.17) is 14.2 Å². The second kappa shape index (κ2) is 7.34. The SMILES string of the molecule is O=C(COC(=O)CN1C(=O)C2CC=CCC2C1=O)Nc1ccc2c(c1)OCO2. The molecule has 1 N–H and O–H groups in total. The molecule has 28 heavy (non-hydrogen) atoms. The molecule has 2 unspecified atom stereocenters. The number of hydrogen-bond donors (Lipinski definition) is 1. The fourth-order valence-corrected chi connectivity index (χ4v) is 3.52. The van der Waals surface area contributed by atoms with E-state index in [1.165, 1.54) is 0 Å². The van der Waals surface area contributed by atoms with Crippen LogP contribution in [0.5, 0.6) is 11.5 Å². The number of likely N-dealkylation sites (tertiary alicyclic amines) is 1. The highest BCUT2D eigenvalue weighted by molar-refractivity contribution is 6.07. The first-order valence-electron chi connectivity index (χ1n) is 8.88. The van der Waals surface area contributed by atoms with E-state index in [0.717, 1.165) is 4.90 Å². The summed E-state index contributed by atoms with van der Waals surface area (Å²) in [6.45, 7) is -0.893. The molecule has 2 aliphatic heterocycles. The Balaban J connectivity index is 1.27. The number of ether oxygens (including phenoxy) is 3. The lowest BCUT2D eigenvalue weighted by atomic mass is 9.85. The van der Waals surface area contributed by atoms with Crippen LogP contribution >= 0.6 is 0 Å². The summed E-state index contributed by atoms with van der Waals surface area (Å²) in [7, 11) is 0. The Morgan fingerprint density at radius 2 is 1.75 bits per heavy atom. The fraction of sp³-hybridized carbons (Fsp3) is 0.368. The number of imide groups is 1. The van der Waals surface area contributed by atoms with E-state index in [0.29, 0.717) is 30.0 Å². The maximum atomic E-state index is 12.3. The number of esters is 1. The number of allylic oxidation sites excluding steroid dienone is 2. The lowest BCUT2D eigenvalue weighted by Gasteiger charge is -2.14. The van der Waals surface area contributed by atoms with Gasteiger partial charge in [0.2, 0.25) is 18.6 Å². The van der Waals surface area contributed by atoms with Crippen molar-refractivity contribution in [3.05, 3.63) is 30.4 Å². The Kier molecular flexibility index (Phi) is 4.72. The van der Waals surface area contributed by atoms with Crippen molar-refractivity contribution in [2.24, 2.45) is 11.8 Å². The van der Waals surface area contributed by atoms with E-state index in [9.17, 15) is 19.2 Å².